The summed E-state index contributed by atoms with van der Waals surface area (Å²) in [7, 11) is 0. The Hall–Kier alpha value is -2.82. The topological polar surface area (TPSA) is 66.9 Å². The van der Waals surface area contributed by atoms with Crippen LogP contribution in [0.2, 0.25) is 0 Å². The van der Waals surface area contributed by atoms with Crippen LogP contribution in [0, 0.1) is 17.0 Å². The Balaban J connectivity index is 2.72. The number of carbonyl (C=O) groups excluding carboxylic acids is 1. The first-order valence-corrected chi connectivity index (χ1v) is 6.09. The summed E-state index contributed by atoms with van der Waals surface area (Å²) < 4.78 is 26.7. The van der Waals surface area contributed by atoms with Gasteiger partial charge in [0.1, 0.15) is 11.6 Å². The molecular weight excluding hydrogens is 274 g/mol. The van der Waals surface area contributed by atoms with Crippen LogP contribution in [-0.4, -0.2) is 12.1 Å². The summed E-state index contributed by atoms with van der Waals surface area (Å²) in [5.41, 5.74) is 6.02. The molecule has 1 amide bonds. The Bertz CT molecular complexity index is 739. The third-order valence-electron chi connectivity index (χ3n) is 2.91. The Morgan fingerprint density at radius 3 is 2.00 bits per heavy atom. The molecule has 0 fully saturated rings. The molecule has 0 unspecified atom stereocenters. The molecular formula is C16H12F2N2O. The summed E-state index contributed by atoms with van der Waals surface area (Å²) in [6, 6.07) is 10.7. The number of carbonyl (C=O) groups is 1. The van der Waals surface area contributed by atoms with E-state index in [0.717, 1.165) is 12.3 Å². The number of benzene rings is 2. The zero-order valence-electron chi connectivity index (χ0n) is 10.9. The Kier molecular flexibility index (Phi) is 4.23. The predicted octanol–water partition coefficient (Wildman–Crippen LogP) is 3.01. The van der Waals surface area contributed by atoms with E-state index in [-0.39, 0.29) is 16.7 Å². The maximum absolute atomic E-state index is 13.3. The summed E-state index contributed by atoms with van der Waals surface area (Å²) in [6.07, 6.45) is 0.903. The minimum absolute atomic E-state index is 0.0323. The number of rotatable bonds is 4. The maximum Gasteiger partial charge on any atom is 0.249 e. The minimum Gasteiger partial charge on any atom is -0.366 e. The van der Waals surface area contributed by atoms with Crippen molar-refractivity contribution in [1.82, 2.24) is 0 Å². The van der Waals surface area contributed by atoms with Crippen LogP contribution in [0.5, 0.6) is 0 Å². The van der Waals surface area contributed by atoms with Crippen molar-refractivity contribution in [1.29, 1.82) is 5.41 Å². The molecule has 0 atom stereocenters. The predicted molar refractivity (Wildman–Crippen MR) is 77.6 cm³/mol. The Morgan fingerprint density at radius 1 is 1.00 bits per heavy atom. The van der Waals surface area contributed by atoms with Crippen LogP contribution in [0.4, 0.5) is 8.78 Å². The molecule has 21 heavy (non-hydrogen) atoms. The molecule has 2 rings (SSSR count). The number of amides is 1. The second kappa shape index (κ2) is 6.09. The molecule has 0 aliphatic carbocycles. The highest BCUT2D eigenvalue weighted by atomic mass is 19.1. The molecule has 5 heteroatoms. The lowest BCUT2D eigenvalue weighted by molar-refractivity contribution is -0.112. The van der Waals surface area contributed by atoms with Crippen LogP contribution in [0.25, 0.3) is 11.1 Å². The van der Waals surface area contributed by atoms with Crippen molar-refractivity contribution >= 4 is 23.3 Å². The number of allylic oxidation sites excluding steroid dienone is 1. The number of nitrogens with one attached hydrogen (secondary N) is 1. The van der Waals surface area contributed by atoms with Gasteiger partial charge in [0, 0.05) is 11.8 Å². The van der Waals surface area contributed by atoms with Crippen molar-refractivity contribution < 1.29 is 13.6 Å². The summed E-state index contributed by atoms with van der Waals surface area (Å²) in [4.78, 5) is 11.7. The van der Waals surface area contributed by atoms with Crippen molar-refractivity contribution in [2.24, 2.45) is 5.73 Å². The molecule has 3 nitrogen and oxygen atoms in total. The highest BCUT2D eigenvalue weighted by molar-refractivity contribution is 6.35. The minimum atomic E-state index is -0.816. The van der Waals surface area contributed by atoms with Gasteiger partial charge in [-0.1, -0.05) is 24.3 Å². The first-order valence-electron chi connectivity index (χ1n) is 6.09. The molecule has 0 heterocycles. The number of nitrogens with two attached hydrogens (primary N) is 1. The van der Waals surface area contributed by atoms with Crippen molar-refractivity contribution in [3.63, 3.8) is 0 Å². The van der Waals surface area contributed by atoms with E-state index in [9.17, 15) is 13.6 Å². The van der Waals surface area contributed by atoms with Crippen LogP contribution in [-0.2, 0) is 4.79 Å². The molecule has 0 spiro atoms. The van der Waals surface area contributed by atoms with Crippen LogP contribution >= 0.6 is 0 Å². The summed E-state index contributed by atoms with van der Waals surface area (Å²) in [5, 5.41) is 7.49. The maximum atomic E-state index is 13.3. The highest BCUT2D eigenvalue weighted by Gasteiger charge is 2.16. The van der Waals surface area contributed by atoms with E-state index in [1.54, 1.807) is 6.07 Å². The molecule has 0 aromatic heterocycles. The van der Waals surface area contributed by atoms with Gasteiger partial charge in [0.15, 0.2) is 0 Å². The molecule has 0 radical (unpaired) electrons. The van der Waals surface area contributed by atoms with Crippen LogP contribution in [0.1, 0.15) is 11.1 Å². The second-order valence-corrected chi connectivity index (χ2v) is 4.32. The van der Waals surface area contributed by atoms with Gasteiger partial charge in [0.05, 0.1) is 5.57 Å². The number of primary amides is 1. The molecule has 2 aromatic rings. The quantitative estimate of drug-likeness (QED) is 0.506. The highest BCUT2D eigenvalue weighted by Crippen LogP contribution is 2.26. The van der Waals surface area contributed by atoms with Crippen molar-refractivity contribution in [3.05, 3.63) is 71.3 Å². The number of halogens is 2. The standard InChI is InChI=1S/C16H12F2N2O/c17-12-5-1-3-10(7-12)14(9-19)15(16(20)21)11-4-2-6-13(18)8-11/h1-9,19H,(H2,20,21)/b15-14+,19-9?. The first-order chi connectivity index (χ1) is 10.0. The third-order valence-corrected chi connectivity index (χ3v) is 2.91. The van der Waals surface area contributed by atoms with Gasteiger partial charge in [-0.2, -0.15) is 0 Å². The molecule has 0 aliphatic rings. The van der Waals surface area contributed by atoms with Gasteiger partial charge >= 0.3 is 0 Å². The molecule has 2 aromatic carbocycles. The fourth-order valence-corrected chi connectivity index (χ4v) is 2.03. The van der Waals surface area contributed by atoms with Gasteiger partial charge in [-0.15, -0.1) is 0 Å². The van der Waals surface area contributed by atoms with E-state index in [4.69, 9.17) is 11.1 Å². The number of hydrogen-bond donors (Lipinski definition) is 2. The zero-order valence-corrected chi connectivity index (χ0v) is 10.9. The second-order valence-electron chi connectivity index (χ2n) is 4.32. The van der Waals surface area contributed by atoms with Crippen LogP contribution in [0.3, 0.4) is 0 Å². The zero-order chi connectivity index (χ0) is 15.4. The van der Waals surface area contributed by atoms with Gasteiger partial charge < -0.3 is 11.1 Å². The van der Waals surface area contributed by atoms with E-state index >= 15 is 0 Å². The van der Waals surface area contributed by atoms with E-state index in [2.05, 4.69) is 0 Å². The Labute approximate surface area is 120 Å². The van der Waals surface area contributed by atoms with Crippen molar-refractivity contribution in [2.45, 2.75) is 0 Å². The van der Waals surface area contributed by atoms with Gasteiger partial charge in [-0.25, -0.2) is 8.78 Å². The third kappa shape index (κ3) is 3.20. The van der Waals surface area contributed by atoms with Crippen molar-refractivity contribution in [3.8, 4) is 0 Å². The molecule has 0 saturated carbocycles. The van der Waals surface area contributed by atoms with E-state index in [0.29, 0.717) is 5.56 Å². The average Bonchev–Trinajstić information content (AvgIpc) is 2.44. The van der Waals surface area contributed by atoms with E-state index in [1.807, 2.05) is 0 Å². The van der Waals surface area contributed by atoms with E-state index in [1.165, 1.54) is 36.4 Å². The molecule has 0 aliphatic heterocycles. The lowest BCUT2D eigenvalue weighted by Gasteiger charge is -2.10. The first kappa shape index (κ1) is 14.6. The molecule has 106 valence electrons. The molecule has 0 saturated heterocycles. The fourth-order valence-electron chi connectivity index (χ4n) is 2.03. The van der Waals surface area contributed by atoms with Gasteiger partial charge in [-0.05, 0) is 35.4 Å². The number of hydrogen-bond acceptors (Lipinski definition) is 2. The SMILES string of the molecule is N=C/C(=C(\C(N)=O)c1cccc(F)c1)c1cccc(F)c1. The summed E-state index contributed by atoms with van der Waals surface area (Å²) >= 11 is 0. The van der Waals surface area contributed by atoms with E-state index < -0.39 is 17.5 Å². The van der Waals surface area contributed by atoms with Gasteiger partial charge in [0.25, 0.3) is 0 Å². The van der Waals surface area contributed by atoms with Gasteiger partial charge in [-0.3, -0.25) is 4.79 Å². The van der Waals surface area contributed by atoms with Gasteiger partial charge in [0.2, 0.25) is 5.91 Å². The monoisotopic (exact) mass is 286 g/mol. The van der Waals surface area contributed by atoms with Crippen molar-refractivity contribution in [2.75, 3.05) is 0 Å². The molecule has 3 N–H and O–H groups in total. The summed E-state index contributed by atoms with van der Waals surface area (Å²) in [6.45, 7) is 0. The van der Waals surface area contributed by atoms with Crippen LogP contribution in [0.15, 0.2) is 48.5 Å². The average molecular weight is 286 g/mol. The molecule has 0 bridgehead atoms. The Morgan fingerprint density at radius 2 is 1.52 bits per heavy atom. The fraction of sp³-hybridized carbons (Fsp3) is 0. The lowest BCUT2D eigenvalue weighted by atomic mass is 9.94. The smallest absolute Gasteiger partial charge is 0.249 e. The lowest BCUT2D eigenvalue weighted by Crippen LogP contribution is -2.15. The largest absolute Gasteiger partial charge is 0.366 e. The van der Waals surface area contributed by atoms with Crippen LogP contribution < -0.4 is 5.73 Å². The normalized spacial score (nSPS) is 11.7. The summed E-state index contributed by atoms with van der Waals surface area (Å²) in [5.74, 6) is -1.85.